The van der Waals surface area contributed by atoms with Crippen molar-refractivity contribution in [2.24, 2.45) is 0 Å². The minimum atomic E-state index is -3.61. The quantitative estimate of drug-likeness (QED) is 0.818. The van der Waals surface area contributed by atoms with Gasteiger partial charge in [0, 0.05) is 13.2 Å². The number of aromatic nitrogens is 1. The lowest BCUT2D eigenvalue weighted by atomic mass is 10.2. The van der Waals surface area contributed by atoms with E-state index in [1.54, 1.807) is 12.1 Å². The Balaban J connectivity index is 2.42. The smallest absolute Gasteiger partial charge is 0.265 e. The van der Waals surface area contributed by atoms with Crippen molar-refractivity contribution in [3.05, 3.63) is 53.3 Å². The molecule has 19 heavy (non-hydrogen) atoms. The molecule has 0 N–H and O–H groups in total. The second-order valence-electron chi connectivity index (χ2n) is 4.13. The Morgan fingerprint density at radius 2 is 1.95 bits per heavy atom. The van der Waals surface area contributed by atoms with E-state index in [1.165, 1.54) is 29.7 Å². The number of aryl methyl sites for hydroxylation is 1. The molecule has 1 heterocycles. The van der Waals surface area contributed by atoms with E-state index in [0.29, 0.717) is 5.69 Å². The van der Waals surface area contributed by atoms with Gasteiger partial charge in [-0.1, -0.05) is 23.7 Å². The molecular weight excluding hydrogens is 284 g/mol. The third kappa shape index (κ3) is 2.88. The molecule has 0 atom stereocenters. The van der Waals surface area contributed by atoms with Gasteiger partial charge in [-0.05, 0) is 36.8 Å². The predicted molar refractivity (Wildman–Crippen MR) is 76.0 cm³/mol. The second-order valence-corrected chi connectivity index (χ2v) is 6.48. The summed E-state index contributed by atoms with van der Waals surface area (Å²) in [5, 5.41) is 0.261. The van der Waals surface area contributed by atoms with Crippen LogP contribution in [0.15, 0.2) is 47.5 Å². The van der Waals surface area contributed by atoms with Gasteiger partial charge < -0.3 is 0 Å². The number of anilines is 1. The molecule has 0 spiro atoms. The molecule has 0 saturated heterocycles. The van der Waals surface area contributed by atoms with E-state index in [1.807, 2.05) is 19.1 Å². The summed E-state index contributed by atoms with van der Waals surface area (Å²) in [5.74, 6) is 0. The maximum absolute atomic E-state index is 12.4. The average molecular weight is 297 g/mol. The van der Waals surface area contributed by atoms with Crippen LogP contribution in [0.5, 0.6) is 0 Å². The van der Waals surface area contributed by atoms with Gasteiger partial charge in [0.25, 0.3) is 10.0 Å². The maximum atomic E-state index is 12.4. The van der Waals surface area contributed by atoms with Crippen molar-refractivity contribution in [2.45, 2.75) is 11.8 Å². The lowest BCUT2D eigenvalue weighted by Gasteiger charge is -2.19. The van der Waals surface area contributed by atoms with Gasteiger partial charge in [-0.15, -0.1) is 0 Å². The van der Waals surface area contributed by atoms with Crippen molar-refractivity contribution in [3.63, 3.8) is 0 Å². The highest BCUT2D eigenvalue weighted by Crippen LogP contribution is 2.22. The molecule has 0 unspecified atom stereocenters. The lowest BCUT2D eigenvalue weighted by molar-refractivity contribution is 0.594. The van der Waals surface area contributed by atoms with Crippen LogP contribution in [-0.2, 0) is 10.0 Å². The first-order valence-corrected chi connectivity index (χ1v) is 7.40. The van der Waals surface area contributed by atoms with Gasteiger partial charge in [-0.3, -0.25) is 4.31 Å². The normalized spacial score (nSPS) is 11.3. The van der Waals surface area contributed by atoms with Crippen LogP contribution in [0.2, 0.25) is 5.15 Å². The third-order valence-electron chi connectivity index (χ3n) is 2.72. The molecule has 0 amide bonds. The van der Waals surface area contributed by atoms with E-state index in [2.05, 4.69) is 4.98 Å². The highest BCUT2D eigenvalue weighted by molar-refractivity contribution is 7.92. The van der Waals surface area contributed by atoms with Crippen LogP contribution < -0.4 is 4.31 Å². The highest BCUT2D eigenvalue weighted by atomic mass is 35.5. The summed E-state index contributed by atoms with van der Waals surface area (Å²) in [6, 6.07) is 10.2. The Labute approximate surface area is 117 Å². The molecule has 0 radical (unpaired) electrons. The fraction of sp³-hybridized carbons (Fsp3) is 0.154. The summed E-state index contributed by atoms with van der Waals surface area (Å²) in [5.41, 5.74) is 1.60. The number of nitrogens with zero attached hydrogens (tertiary/aromatic N) is 2. The Morgan fingerprint density at radius 3 is 2.53 bits per heavy atom. The molecule has 4 nitrogen and oxygen atoms in total. The molecule has 100 valence electrons. The molecule has 1 aromatic carbocycles. The molecule has 6 heteroatoms. The predicted octanol–water partition coefficient (Wildman–Crippen LogP) is 2.87. The number of hydrogen-bond acceptors (Lipinski definition) is 3. The van der Waals surface area contributed by atoms with Crippen molar-refractivity contribution in [2.75, 3.05) is 11.4 Å². The van der Waals surface area contributed by atoms with Crippen LogP contribution in [0.1, 0.15) is 5.56 Å². The zero-order valence-electron chi connectivity index (χ0n) is 10.5. The molecule has 1 aromatic heterocycles. The minimum absolute atomic E-state index is 0.112. The summed E-state index contributed by atoms with van der Waals surface area (Å²) in [4.78, 5) is 3.91. The zero-order valence-corrected chi connectivity index (χ0v) is 12.1. The minimum Gasteiger partial charge on any atom is -0.269 e. The van der Waals surface area contributed by atoms with E-state index in [0.717, 1.165) is 5.56 Å². The second kappa shape index (κ2) is 5.19. The number of benzene rings is 1. The van der Waals surface area contributed by atoms with E-state index in [-0.39, 0.29) is 10.0 Å². The zero-order chi connectivity index (χ0) is 14.0. The number of rotatable bonds is 3. The van der Waals surface area contributed by atoms with E-state index in [9.17, 15) is 8.42 Å². The molecule has 0 aliphatic heterocycles. The van der Waals surface area contributed by atoms with Gasteiger partial charge in [0.05, 0.1) is 5.69 Å². The van der Waals surface area contributed by atoms with Gasteiger partial charge in [-0.25, -0.2) is 13.4 Å². The SMILES string of the molecule is Cc1cccc(N(C)S(=O)(=O)c2ccc(Cl)nc2)c1. The Bertz CT molecular complexity index is 684. The van der Waals surface area contributed by atoms with Crippen molar-refractivity contribution in [1.29, 1.82) is 0 Å². The maximum Gasteiger partial charge on any atom is 0.265 e. The number of pyridine rings is 1. The highest BCUT2D eigenvalue weighted by Gasteiger charge is 2.21. The first-order chi connectivity index (χ1) is 8.91. The average Bonchev–Trinajstić information content (AvgIpc) is 2.38. The van der Waals surface area contributed by atoms with Crippen molar-refractivity contribution in [3.8, 4) is 0 Å². The standard InChI is InChI=1S/C13H13ClN2O2S/c1-10-4-3-5-11(8-10)16(2)19(17,18)12-6-7-13(14)15-9-12/h3-9H,1-2H3. The Hall–Kier alpha value is -1.59. The van der Waals surface area contributed by atoms with Crippen LogP contribution in [0.3, 0.4) is 0 Å². The molecule has 0 saturated carbocycles. The van der Waals surface area contributed by atoms with Crippen LogP contribution in [0, 0.1) is 6.92 Å². The largest absolute Gasteiger partial charge is 0.269 e. The van der Waals surface area contributed by atoms with E-state index >= 15 is 0 Å². The monoisotopic (exact) mass is 296 g/mol. The van der Waals surface area contributed by atoms with Gasteiger partial charge in [0.15, 0.2) is 0 Å². The summed E-state index contributed by atoms with van der Waals surface area (Å²) < 4.78 is 26.0. The van der Waals surface area contributed by atoms with Crippen molar-refractivity contribution >= 4 is 27.3 Å². The fourth-order valence-electron chi connectivity index (χ4n) is 1.64. The molecule has 2 rings (SSSR count). The van der Waals surface area contributed by atoms with E-state index < -0.39 is 10.0 Å². The molecule has 2 aromatic rings. The van der Waals surface area contributed by atoms with Crippen molar-refractivity contribution < 1.29 is 8.42 Å². The van der Waals surface area contributed by atoms with Crippen LogP contribution >= 0.6 is 11.6 Å². The molecule has 0 aliphatic rings. The van der Waals surface area contributed by atoms with Crippen LogP contribution in [0.25, 0.3) is 0 Å². The molecule has 0 fully saturated rings. The summed E-state index contributed by atoms with van der Waals surface area (Å²) >= 11 is 5.66. The molecule has 0 aliphatic carbocycles. The van der Waals surface area contributed by atoms with Crippen LogP contribution in [-0.4, -0.2) is 20.4 Å². The number of halogens is 1. The molecule has 0 bridgehead atoms. The summed E-state index contributed by atoms with van der Waals surface area (Å²) in [7, 11) is -2.10. The lowest BCUT2D eigenvalue weighted by Crippen LogP contribution is -2.26. The summed E-state index contributed by atoms with van der Waals surface area (Å²) in [6.07, 6.45) is 1.25. The summed E-state index contributed by atoms with van der Waals surface area (Å²) in [6.45, 7) is 1.91. The third-order valence-corrected chi connectivity index (χ3v) is 4.72. The molecular formula is C13H13ClN2O2S. The van der Waals surface area contributed by atoms with Gasteiger partial charge in [0.2, 0.25) is 0 Å². The van der Waals surface area contributed by atoms with Gasteiger partial charge >= 0.3 is 0 Å². The topological polar surface area (TPSA) is 50.3 Å². The fourth-order valence-corrected chi connectivity index (χ4v) is 2.88. The first-order valence-electron chi connectivity index (χ1n) is 5.58. The van der Waals surface area contributed by atoms with Crippen molar-refractivity contribution in [1.82, 2.24) is 4.98 Å². The Kier molecular flexibility index (Phi) is 3.78. The van der Waals surface area contributed by atoms with Gasteiger partial charge in [0.1, 0.15) is 10.0 Å². The van der Waals surface area contributed by atoms with Gasteiger partial charge in [-0.2, -0.15) is 0 Å². The number of sulfonamides is 1. The Morgan fingerprint density at radius 1 is 1.21 bits per heavy atom. The number of hydrogen-bond donors (Lipinski definition) is 0. The van der Waals surface area contributed by atoms with E-state index in [4.69, 9.17) is 11.6 Å². The first kappa shape index (κ1) is 13.8. The van der Waals surface area contributed by atoms with Crippen LogP contribution in [0.4, 0.5) is 5.69 Å².